The quantitative estimate of drug-likeness (QED) is 0.616. The topological polar surface area (TPSA) is 75.4 Å². The standard InChI is InChI=1S/C22H25N3O3S/c1-16-20(15-29(27)19-7-5-4-6-8-19)24-22(28-16)18-11-9-17(10-12-18)21(26)23-13-14-25(2)3/h4-12H,13-15H2,1-3H3,(H,23,26)/t29-/m0/s1. The minimum atomic E-state index is -1.18. The van der Waals surface area contributed by atoms with Gasteiger partial charge in [-0.25, -0.2) is 4.98 Å². The van der Waals surface area contributed by atoms with Crippen molar-refractivity contribution in [2.24, 2.45) is 0 Å². The van der Waals surface area contributed by atoms with Crippen molar-refractivity contribution in [2.45, 2.75) is 17.6 Å². The summed E-state index contributed by atoms with van der Waals surface area (Å²) in [5, 5.41) is 2.89. The van der Waals surface area contributed by atoms with E-state index in [-0.39, 0.29) is 5.91 Å². The summed E-state index contributed by atoms with van der Waals surface area (Å²) in [5.74, 6) is 1.30. The van der Waals surface area contributed by atoms with Crippen LogP contribution in [0.25, 0.3) is 11.5 Å². The maximum absolute atomic E-state index is 12.5. The fraction of sp³-hybridized carbons (Fsp3) is 0.273. The van der Waals surface area contributed by atoms with Crippen LogP contribution < -0.4 is 5.32 Å². The SMILES string of the molecule is Cc1oc(-c2ccc(C(=O)NCCN(C)C)cc2)nc1C[S@](=O)c1ccccc1. The molecule has 0 aliphatic carbocycles. The van der Waals surface area contributed by atoms with Crippen molar-refractivity contribution < 1.29 is 13.4 Å². The van der Waals surface area contributed by atoms with Gasteiger partial charge in [0.25, 0.3) is 5.91 Å². The molecule has 3 aromatic rings. The maximum Gasteiger partial charge on any atom is 0.251 e. The van der Waals surface area contributed by atoms with E-state index in [4.69, 9.17) is 4.42 Å². The number of hydrogen-bond acceptors (Lipinski definition) is 5. The van der Waals surface area contributed by atoms with Crippen LogP contribution in [-0.4, -0.2) is 47.2 Å². The number of carbonyl (C=O) groups is 1. The van der Waals surface area contributed by atoms with Gasteiger partial charge in [-0.15, -0.1) is 0 Å². The molecule has 0 bridgehead atoms. The van der Waals surface area contributed by atoms with Crippen molar-refractivity contribution in [1.82, 2.24) is 15.2 Å². The summed E-state index contributed by atoms with van der Waals surface area (Å²) in [7, 11) is 2.74. The van der Waals surface area contributed by atoms with Crippen LogP contribution in [0.5, 0.6) is 0 Å². The molecule has 0 unspecified atom stereocenters. The third-order valence-electron chi connectivity index (χ3n) is 4.41. The van der Waals surface area contributed by atoms with Gasteiger partial charge in [0.2, 0.25) is 5.89 Å². The van der Waals surface area contributed by atoms with Gasteiger partial charge in [0, 0.05) is 29.1 Å². The van der Waals surface area contributed by atoms with Gasteiger partial charge in [-0.3, -0.25) is 9.00 Å². The molecule has 1 atom stereocenters. The van der Waals surface area contributed by atoms with E-state index in [1.54, 1.807) is 12.1 Å². The van der Waals surface area contributed by atoms with E-state index in [1.165, 1.54) is 0 Å². The fourth-order valence-corrected chi connectivity index (χ4v) is 3.87. The number of amides is 1. The van der Waals surface area contributed by atoms with Gasteiger partial charge in [-0.2, -0.15) is 0 Å². The van der Waals surface area contributed by atoms with Gasteiger partial charge < -0.3 is 14.6 Å². The molecule has 29 heavy (non-hydrogen) atoms. The molecule has 1 amide bonds. The van der Waals surface area contributed by atoms with Crippen LogP contribution in [0.3, 0.4) is 0 Å². The average molecular weight is 412 g/mol. The molecular weight excluding hydrogens is 386 g/mol. The summed E-state index contributed by atoms with van der Waals surface area (Å²) < 4.78 is 18.3. The molecule has 2 aromatic carbocycles. The zero-order chi connectivity index (χ0) is 20.8. The van der Waals surface area contributed by atoms with E-state index in [0.717, 1.165) is 17.0 Å². The Morgan fingerprint density at radius 1 is 1.10 bits per heavy atom. The lowest BCUT2D eigenvalue weighted by Crippen LogP contribution is -2.31. The van der Waals surface area contributed by atoms with Crippen molar-refractivity contribution >= 4 is 16.7 Å². The number of likely N-dealkylation sites (N-methyl/N-ethyl adjacent to an activating group) is 1. The van der Waals surface area contributed by atoms with Gasteiger partial charge >= 0.3 is 0 Å². The Kier molecular flexibility index (Phi) is 6.95. The Morgan fingerprint density at radius 2 is 1.79 bits per heavy atom. The monoisotopic (exact) mass is 411 g/mol. The summed E-state index contributed by atoms with van der Waals surface area (Å²) in [6, 6.07) is 16.4. The normalized spacial score (nSPS) is 12.1. The van der Waals surface area contributed by atoms with E-state index < -0.39 is 10.8 Å². The molecule has 0 saturated heterocycles. The first-order valence-corrected chi connectivity index (χ1v) is 10.7. The highest BCUT2D eigenvalue weighted by Crippen LogP contribution is 2.24. The molecule has 1 heterocycles. The van der Waals surface area contributed by atoms with Crippen LogP contribution in [0.4, 0.5) is 0 Å². The number of aryl methyl sites for hydroxylation is 1. The second-order valence-electron chi connectivity index (χ2n) is 6.96. The zero-order valence-electron chi connectivity index (χ0n) is 16.8. The Hall–Kier alpha value is -2.77. The van der Waals surface area contributed by atoms with E-state index in [2.05, 4.69) is 10.3 Å². The molecule has 7 heteroatoms. The van der Waals surface area contributed by atoms with Crippen LogP contribution in [-0.2, 0) is 16.6 Å². The number of nitrogens with zero attached hydrogens (tertiary/aromatic N) is 2. The molecule has 1 N–H and O–H groups in total. The second kappa shape index (κ2) is 9.62. The van der Waals surface area contributed by atoms with Crippen LogP contribution in [0, 0.1) is 6.92 Å². The molecule has 0 saturated carbocycles. The van der Waals surface area contributed by atoms with E-state index in [0.29, 0.717) is 35.2 Å². The van der Waals surface area contributed by atoms with E-state index in [9.17, 15) is 9.00 Å². The molecule has 0 aliphatic heterocycles. The summed E-state index contributed by atoms with van der Waals surface area (Å²) in [4.78, 5) is 19.5. The third kappa shape index (κ3) is 5.62. The number of carbonyl (C=O) groups excluding carboxylic acids is 1. The van der Waals surface area contributed by atoms with E-state index >= 15 is 0 Å². The van der Waals surface area contributed by atoms with Gasteiger partial charge in [-0.1, -0.05) is 18.2 Å². The first-order valence-electron chi connectivity index (χ1n) is 9.37. The Balaban J connectivity index is 1.67. The Bertz CT molecular complexity index is 982. The highest BCUT2D eigenvalue weighted by atomic mass is 32.2. The first-order chi connectivity index (χ1) is 13.9. The number of rotatable bonds is 8. The Morgan fingerprint density at radius 3 is 2.45 bits per heavy atom. The molecule has 3 rings (SSSR count). The number of aromatic nitrogens is 1. The summed E-state index contributed by atoms with van der Waals surface area (Å²) in [5.41, 5.74) is 2.03. The molecule has 0 fully saturated rings. The minimum Gasteiger partial charge on any atom is -0.441 e. The van der Waals surface area contributed by atoms with Gasteiger partial charge in [-0.05, 0) is 57.4 Å². The predicted molar refractivity (Wildman–Crippen MR) is 114 cm³/mol. The van der Waals surface area contributed by atoms with Crippen molar-refractivity contribution in [3.63, 3.8) is 0 Å². The lowest BCUT2D eigenvalue weighted by Gasteiger charge is -2.10. The second-order valence-corrected chi connectivity index (χ2v) is 8.41. The lowest BCUT2D eigenvalue weighted by molar-refractivity contribution is 0.0951. The minimum absolute atomic E-state index is 0.110. The number of oxazole rings is 1. The molecule has 0 aliphatic rings. The highest BCUT2D eigenvalue weighted by molar-refractivity contribution is 7.84. The largest absolute Gasteiger partial charge is 0.441 e. The van der Waals surface area contributed by atoms with Crippen molar-refractivity contribution in [1.29, 1.82) is 0 Å². The van der Waals surface area contributed by atoms with Gasteiger partial charge in [0.05, 0.1) is 22.2 Å². The van der Waals surface area contributed by atoms with Crippen LogP contribution in [0.2, 0.25) is 0 Å². The summed E-state index contributed by atoms with van der Waals surface area (Å²) in [6.45, 7) is 3.20. The van der Waals surface area contributed by atoms with Crippen LogP contribution in [0.1, 0.15) is 21.8 Å². The fourth-order valence-electron chi connectivity index (χ4n) is 2.72. The first kappa shape index (κ1) is 21.0. The van der Waals surface area contributed by atoms with E-state index in [1.807, 2.05) is 68.4 Å². The average Bonchev–Trinajstić information content (AvgIpc) is 3.08. The molecule has 152 valence electrons. The van der Waals surface area contributed by atoms with Crippen LogP contribution >= 0.6 is 0 Å². The molecule has 6 nitrogen and oxygen atoms in total. The highest BCUT2D eigenvalue weighted by Gasteiger charge is 2.15. The number of benzene rings is 2. The smallest absolute Gasteiger partial charge is 0.251 e. The van der Waals surface area contributed by atoms with Gasteiger partial charge in [0.15, 0.2) is 0 Å². The molecule has 0 radical (unpaired) electrons. The van der Waals surface area contributed by atoms with Gasteiger partial charge in [0.1, 0.15) is 5.76 Å². The maximum atomic E-state index is 12.5. The zero-order valence-corrected chi connectivity index (χ0v) is 17.7. The number of hydrogen-bond donors (Lipinski definition) is 1. The molecule has 1 aromatic heterocycles. The summed E-state index contributed by atoms with van der Waals surface area (Å²) >= 11 is 0. The Labute approximate surface area is 173 Å². The third-order valence-corrected chi connectivity index (χ3v) is 5.74. The van der Waals surface area contributed by atoms with Crippen LogP contribution in [0.15, 0.2) is 63.9 Å². The van der Waals surface area contributed by atoms with Crippen molar-refractivity contribution in [2.75, 3.05) is 27.2 Å². The molecular formula is C22H25N3O3S. The number of nitrogens with one attached hydrogen (secondary N) is 1. The predicted octanol–water partition coefficient (Wildman–Crippen LogP) is 3.25. The summed E-state index contributed by atoms with van der Waals surface area (Å²) in [6.07, 6.45) is 0. The molecule has 0 spiro atoms. The van der Waals surface area contributed by atoms with Crippen molar-refractivity contribution in [3.8, 4) is 11.5 Å². The lowest BCUT2D eigenvalue weighted by atomic mass is 10.1. The van der Waals surface area contributed by atoms with Crippen molar-refractivity contribution in [3.05, 3.63) is 71.6 Å².